The fourth-order valence-electron chi connectivity index (χ4n) is 14.3. The quantitative estimate of drug-likeness (QED) is 0.0358. The van der Waals surface area contributed by atoms with Crippen LogP contribution in [0.5, 0.6) is 0 Å². The van der Waals surface area contributed by atoms with Crippen LogP contribution in [0.15, 0.2) is 176 Å². The van der Waals surface area contributed by atoms with Gasteiger partial charge in [0.1, 0.15) is 37.1 Å². The molecule has 1 amide bonds. The van der Waals surface area contributed by atoms with E-state index < -0.39 is 42.9 Å². The number of amides is 1. The number of benzene rings is 6. The van der Waals surface area contributed by atoms with Gasteiger partial charge in [0, 0.05) is 10.7 Å². The van der Waals surface area contributed by atoms with Crippen LogP contribution in [-0.2, 0) is 70.9 Å². The third-order valence-electron chi connectivity index (χ3n) is 20.5. The van der Waals surface area contributed by atoms with E-state index in [0.29, 0.717) is 23.9 Å². The molecule has 1 saturated heterocycles. The first kappa shape index (κ1) is 85.8. The maximum Gasteiger partial charge on any atom is 0.411 e. The van der Waals surface area contributed by atoms with Crippen molar-refractivity contribution in [1.82, 2.24) is 5.32 Å². The van der Waals surface area contributed by atoms with Gasteiger partial charge in [-0.05, 0) is 71.5 Å². The van der Waals surface area contributed by atoms with E-state index in [0.717, 1.165) is 66.5 Å². The van der Waals surface area contributed by atoms with E-state index >= 15 is 0 Å². The van der Waals surface area contributed by atoms with Crippen LogP contribution in [0, 0.1) is 0 Å². The number of hydrogen-bond acceptors (Lipinski definition) is 10. The van der Waals surface area contributed by atoms with Crippen LogP contribution in [0.25, 0.3) is 0 Å². The second kappa shape index (κ2) is 56.8. The van der Waals surface area contributed by atoms with Crippen molar-refractivity contribution >= 4 is 23.4 Å². The first-order valence-corrected chi connectivity index (χ1v) is 41.8. The summed E-state index contributed by atoms with van der Waals surface area (Å²) in [4.78, 5) is 13.8. The number of anilines is 1. The molecule has 0 aliphatic carbocycles. The molecule has 8 atom stereocenters. The molecule has 1 aliphatic rings. The molecule has 0 spiro atoms. The molecule has 7 rings (SSSR count). The van der Waals surface area contributed by atoms with Gasteiger partial charge in [0.05, 0.1) is 51.8 Å². The molecule has 574 valence electrons. The van der Waals surface area contributed by atoms with E-state index in [1.54, 1.807) is 24.3 Å². The Morgan fingerprint density at radius 2 is 0.731 bits per heavy atom. The Balaban J connectivity index is 1.08. The third-order valence-corrected chi connectivity index (χ3v) is 20.7. The zero-order chi connectivity index (χ0) is 72.6. The van der Waals surface area contributed by atoms with Gasteiger partial charge in [0.2, 0.25) is 0 Å². The average molecular weight is 1450 g/mol. The Bertz CT molecular complexity index is 2950. The molecule has 6 aromatic rings. The highest BCUT2D eigenvalue weighted by Gasteiger charge is 2.50. The first-order chi connectivity index (χ1) is 51.4. The smallest absolute Gasteiger partial charge is 0.411 e. The molecule has 1 fully saturated rings. The molecular formula is C92H135ClN2O9. The monoisotopic (exact) mass is 1450 g/mol. The molecule has 104 heavy (non-hydrogen) atoms. The fraction of sp³-hybridized carbons (Fsp3) is 0.598. The maximum absolute atomic E-state index is 13.8. The van der Waals surface area contributed by atoms with Crippen molar-refractivity contribution in [2.75, 3.05) is 25.1 Å². The molecule has 1 heterocycles. The second-order valence-corrected chi connectivity index (χ2v) is 29.8. The van der Waals surface area contributed by atoms with Gasteiger partial charge in [-0.1, -0.05) is 402 Å². The topological polar surface area (TPSA) is 115 Å². The Labute approximate surface area is 635 Å². The summed E-state index contributed by atoms with van der Waals surface area (Å²) in [7, 11) is 0. The summed E-state index contributed by atoms with van der Waals surface area (Å²) in [6, 6.07) is 57.9. The molecule has 0 saturated carbocycles. The average Bonchev–Trinajstić information content (AvgIpc) is 0.788. The zero-order valence-electron chi connectivity index (χ0n) is 64.2. The van der Waals surface area contributed by atoms with Crippen LogP contribution in [0.4, 0.5) is 10.5 Å². The van der Waals surface area contributed by atoms with Crippen molar-refractivity contribution in [3.63, 3.8) is 0 Å². The van der Waals surface area contributed by atoms with E-state index in [4.69, 9.17) is 49.5 Å². The predicted octanol–water partition coefficient (Wildman–Crippen LogP) is 25.0. The summed E-state index contributed by atoms with van der Waals surface area (Å²) in [5, 5.41) is 7.50. The number of carbonyl (C=O) groups is 1. The molecule has 0 unspecified atom stereocenters. The van der Waals surface area contributed by atoms with E-state index in [1.807, 2.05) is 66.7 Å². The molecule has 0 aromatic heterocycles. The van der Waals surface area contributed by atoms with Crippen molar-refractivity contribution in [2.45, 2.75) is 333 Å². The Morgan fingerprint density at radius 1 is 0.385 bits per heavy atom. The number of ether oxygens (including phenoxy) is 8. The van der Waals surface area contributed by atoms with E-state index in [2.05, 4.69) is 109 Å². The van der Waals surface area contributed by atoms with Crippen molar-refractivity contribution in [3.05, 3.63) is 209 Å². The lowest BCUT2D eigenvalue weighted by Crippen LogP contribution is -2.62. The third kappa shape index (κ3) is 37.9. The van der Waals surface area contributed by atoms with E-state index in [-0.39, 0.29) is 45.2 Å². The Kier molecular flexibility index (Phi) is 46.9. The van der Waals surface area contributed by atoms with Gasteiger partial charge in [-0.15, -0.1) is 0 Å². The summed E-state index contributed by atoms with van der Waals surface area (Å²) in [6.07, 6.45) is 42.9. The molecular weight excluding hydrogens is 1310 g/mol. The SMILES string of the molecule is CCCCCCCCCCCCCCCCCCCCCCCCCCN[C@@H](CO[C@@H]1O[C@@H](COC(=O)Nc2ccc(Cl)cc2)[C@@H](OCc2ccccc2)[C@@H](OCc2ccccc2)[C@@H]1OCc1ccccc1)[C@H](OCc1ccccc1)[C@@H](CCCCCCCCCCCCCC)OCc1ccccc1. The molecule has 1 aliphatic heterocycles. The van der Waals surface area contributed by atoms with Gasteiger partial charge in [0.25, 0.3) is 0 Å². The Morgan fingerprint density at radius 3 is 1.13 bits per heavy atom. The van der Waals surface area contributed by atoms with Crippen molar-refractivity contribution in [1.29, 1.82) is 0 Å². The summed E-state index contributed by atoms with van der Waals surface area (Å²) < 4.78 is 56.7. The molecule has 2 N–H and O–H groups in total. The number of halogens is 1. The minimum atomic E-state index is -1.04. The fourth-order valence-corrected chi connectivity index (χ4v) is 14.4. The summed E-state index contributed by atoms with van der Waals surface area (Å²) in [5.41, 5.74) is 5.67. The second-order valence-electron chi connectivity index (χ2n) is 29.4. The minimum absolute atomic E-state index is 0.171. The molecule has 0 radical (unpaired) electrons. The van der Waals surface area contributed by atoms with Gasteiger partial charge in [-0.2, -0.15) is 0 Å². The van der Waals surface area contributed by atoms with Crippen molar-refractivity contribution in [2.24, 2.45) is 0 Å². The lowest BCUT2D eigenvalue weighted by atomic mass is 9.97. The Hall–Kier alpha value is -5.44. The van der Waals surface area contributed by atoms with Gasteiger partial charge in [-0.3, -0.25) is 5.32 Å². The largest absolute Gasteiger partial charge is 0.446 e. The molecule has 6 aromatic carbocycles. The highest BCUT2D eigenvalue weighted by molar-refractivity contribution is 6.30. The maximum atomic E-state index is 13.8. The lowest BCUT2D eigenvalue weighted by molar-refractivity contribution is -0.328. The van der Waals surface area contributed by atoms with Gasteiger partial charge >= 0.3 is 6.09 Å². The predicted molar refractivity (Wildman–Crippen MR) is 430 cm³/mol. The standard InChI is InChI=1S/C92H135ClN2O9/c1-3-5-7-9-11-13-15-17-18-19-20-21-22-23-24-25-26-27-28-30-32-34-36-53-69-94-84(87(98-71-78-56-44-38-45-57-78)85(97-70-77-54-42-37-43-55-77)64-52-35-33-31-29-16-14-12-10-8-6-4-2)75-102-91-90(101-74-81-62-50-41-51-63-81)89(100-73-80-60-48-40-49-61-80)88(99-72-79-58-46-39-47-59-79)86(104-91)76-103-92(96)95-83-67-65-82(93)66-68-83/h37-51,54-63,65-68,84-91,94H,3-36,52-53,64,69-76H2,1-2H3,(H,95,96)/t84-,85+,86-,87-,88+,89+,90-,91+/m0/s1. The normalized spacial score (nSPS) is 16.9. The zero-order valence-corrected chi connectivity index (χ0v) is 65.0. The highest BCUT2D eigenvalue weighted by atomic mass is 35.5. The van der Waals surface area contributed by atoms with Gasteiger partial charge in [-0.25, -0.2) is 4.79 Å². The minimum Gasteiger partial charge on any atom is -0.446 e. The van der Waals surface area contributed by atoms with Crippen LogP contribution in [0.1, 0.15) is 279 Å². The van der Waals surface area contributed by atoms with Crippen molar-refractivity contribution < 1.29 is 42.7 Å². The molecule has 11 nitrogen and oxygen atoms in total. The van der Waals surface area contributed by atoms with Crippen molar-refractivity contribution in [3.8, 4) is 0 Å². The van der Waals surface area contributed by atoms with Crippen LogP contribution in [0.2, 0.25) is 5.02 Å². The number of hydrogen-bond donors (Lipinski definition) is 2. The first-order valence-electron chi connectivity index (χ1n) is 41.4. The summed E-state index contributed by atoms with van der Waals surface area (Å²) >= 11 is 6.25. The van der Waals surface area contributed by atoms with Crippen LogP contribution in [0.3, 0.4) is 0 Å². The molecule has 12 heteroatoms. The number of rotatable bonds is 62. The van der Waals surface area contributed by atoms with Crippen LogP contribution >= 0.6 is 11.6 Å². The molecule has 0 bridgehead atoms. The summed E-state index contributed by atoms with van der Waals surface area (Å²) in [5.74, 6) is 0. The lowest BCUT2D eigenvalue weighted by Gasteiger charge is -2.46. The van der Waals surface area contributed by atoms with E-state index in [1.165, 1.54) is 205 Å². The van der Waals surface area contributed by atoms with Crippen LogP contribution < -0.4 is 10.6 Å². The van der Waals surface area contributed by atoms with E-state index in [9.17, 15) is 4.79 Å². The highest BCUT2D eigenvalue weighted by Crippen LogP contribution is 2.33. The van der Waals surface area contributed by atoms with Gasteiger partial charge < -0.3 is 43.2 Å². The number of carbonyl (C=O) groups excluding carboxylic acids is 1. The number of nitrogens with one attached hydrogen (secondary N) is 2. The van der Waals surface area contributed by atoms with Gasteiger partial charge in [0.15, 0.2) is 6.29 Å². The van der Waals surface area contributed by atoms with Crippen LogP contribution in [-0.4, -0.2) is 74.8 Å². The number of unbranched alkanes of at least 4 members (excludes halogenated alkanes) is 34. The summed E-state index contributed by atoms with van der Waals surface area (Å²) in [6.45, 7) is 6.91.